The molecule has 0 aromatic carbocycles. The predicted octanol–water partition coefficient (Wildman–Crippen LogP) is 9.64. The Morgan fingerprint density at radius 2 is 1.48 bits per heavy atom. The zero-order valence-corrected chi connectivity index (χ0v) is 35.5. The molecule has 0 bridgehead atoms. The Labute approximate surface area is 326 Å². The van der Waals surface area contributed by atoms with E-state index >= 15 is 4.79 Å². The standard InChI is InChI=1S/C46H73NO7/c1-12-45(39(52)53-13-2)24-26-47(27-25-45)37(49)46-21-16-30(29(3)4)36(46)31-14-15-33-42(9)19-18-34(54-35(48)28-40(5,6)38(50)51)41(7,8)32(42)17-20-44(33,11)43(31,10)22-23-46/h30-34,36H,3,12-28H2,1-2,4-11H3,(H,50,51)/t30-,31+,32-,33+,34-,36+,42-,43+,44+,46-/m0/s1. The Hall–Kier alpha value is -2.38. The van der Waals surface area contributed by atoms with Crippen LogP contribution in [0, 0.1) is 67.5 Å². The second-order valence-electron chi connectivity index (χ2n) is 21.2. The smallest absolute Gasteiger partial charge is 0.312 e. The van der Waals surface area contributed by atoms with Crippen LogP contribution < -0.4 is 0 Å². The molecule has 0 aromatic heterocycles. The molecule has 0 radical (unpaired) electrons. The number of allylic oxidation sites excluding steroid dienone is 1. The summed E-state index contributed by atoms with van der Waals surface area (Å²) in [4.78, 5) is 55.2. The van der Waals surface area contributed by atoms with Gasteiger partial charge in [0.05, 0.1) is 29.3 Å². The highest BCUT2D eigenvalue weighted by Gasteiger charge is 2.72. The second kappa shape index (κ2) is 13.9. The van der Waals surface area contributed by atoms with E-state index in [-0.39, 0.29) is 51.5 Å². The largest absolute Gasteiger partial charge is 0.481 e. The van der Waals surface area contributed by atoms with Crippen molar-refractivity contribution in [3.05, 3.63) is 12.2 Å². The highest BCUT2D eigenvalue weighted by atomic mass is 16.5. The van der Waals surface area contributed by atoms with Gasteiger partial charge in [-0.2, -0.15) is 0 Å². The van der Waals surface area contributed by atoms with Gasteiger partial charge >= 0.3 is 17.9 Å². The third-order valence-corrected chi connectivity index (χ3v) is 18.3. The van der Waals surface area contributed by atoms with Crippen molar-refractivity contribution in [3.63, 3.8) is 0 Å². The van der Waals surface area contributed by atoms with Crippen molar-refractivity contribution < 1.29 is 33.8 Å². The summed E-state index contributed by atoms with van der Waals surface area (Å²) >= 11 is 0. The fourth-order valence-corrected chi connectivity index (χ4v) is 14.8. The molecule has 0 aromatic rings. The molecule has 6 aliphatic rings. The molecule has 6 rings (SSSR count). The first-order valence-corrected chi connectivity index (χ1v) is 21.6. The molecule has 5 saturated carbocycles. The number of esters is 2. The van der Waals surface area contributed by atoms with Gasteiger partial charge in [-0.15, -0.1) is 0 Å². The van der Waals surface area contributed by atoms with Gasteiger partial charge in [0.15, 0.2) is 0 Å². The number of carboxylic acid groups (broad SMARTS) is 1. The lowest BCUT2D eigenvalue weighted by Gasteiger charge is -2.73. The van der Waals surface area contributed by atoms with E-state index in [4.69, 9.17) is 9.47 Å². The zero-order valence-electron chi connectivity index (χ0n) is 35.5. The fourth-order valence-electron chi connectivity index (χ4n) is 14.8. The summed E-state index contributed by atoms with van der Waals surface area (Å²) in [5.41, 5.74) is -0.697. The highest BCUT2D eigenvalue weighted by molar-refractivity contribution is 5.85. The molecular formula is C46H73NO7. The van der Waals surface area contributed by atoms with Crippen molar-refractivity contribution in [2.45, 2.75) is 165 Å². The topological polar surface area (TPSA) is 110 Å². The number of piperidine rings is 1. The van der Waals surface area contributed by atoms with Crippen LogP contribution in [-0.4, -0.2) is 59.6 Å². The molecule has 1 heterocycles. The van der Waals surface area contributed by atoms with Gasteiger partial charge in [0.2, 0.25) is 5.91 Å². The quantitative estimate of drug-likeness (QED) is 0.185. The van der Waals surface area contributed by atoms with Crippen molar-refractivity contribution >= 4 is 23.8 Å². The number of hydrogen-bond acceptors (Lipinski definition) is 6. The average molecular weight is 752 g/mol. The Morgan fingerprint density at radius 1 is 0.815 bits per heavy atom. The van der Waals surface area contributed by atoms with E-state index in [2.05, 4.69) is 59.9 Å². The SMILES string of the molecule is C=C(C)[C@@H]1CC[C@]2(C(=O)N3CCC(CC)(C(=O)OCC)CC3)CC[C@]3(C)[C@H](CC[C@@H]4[C@@]5(C)CC[C@H](OC(=O)CC(C)(C)C(=O)O)C(C)(C)[C@@H]5CC[C@]43C)[C@@H]12. The highest BCUT2D eigenvalue weighted by Crippen LogP contribution is 2.77. The minimum Gasteiger partial charge on any atom is -0.481 e. The lowest BCUT2D eigenvalue weighted by atomic mass is 9.32. The Bertz CT molecular complexity index is 1520. The third-order valence-electron chi connectivity index (χ3n) is 18.3. The average Bonchev–Trinajstić information content (AvgIpc) is 3.51. The van der Waals surface area contributed by atoms with Crippen LogP contribution in [0.5, 0.6) is 0 Å². The number of carbonyl (C=O) groups excluding carboxylic acids is 3. The van der Waals surface area contributed by atoms with Gasteiger partial charge in [-0.3, -0.25) is 19.2 Å². The maximum atomic E-state index is 15.1. The molecule has 8 heteroatoms. The summed E-state index contributed by atoms with van der Waals surface area (Å²) in [6, 6.07) is 0. The van der Waals surface area contributed by atoms with Gasteiger partial charge in [0.1, 0.15) is 6.10 Å². The van der Waals surface area contributed by atoms with Crippen LogP contribution in [0.4, 0.5) is 0 Å². The summed E-state index contributed by atoms with van der Waals surface area (Å²) in [6.07, 6.45) is 12.0. The summed E-state index contributed by atoms with van der Waals surface area (Å²) in [5.74, 6) is 0.862. The molecular weight excluding hydrogens is 679 g/mol. The monoisotopic (exact) mass is 752 g/mol. The first kappa shape index (κ1) is 41.3. The van der Waals surface area contributed by atoms with Gasteiger partial charge in [-0.1, -0.05) is 53.7 Å². The minimum absolute atomic E-state index is 0.0927. The Morgan fingerprint density at radius 3 is 2.07 bits per heavy atom. The van der Waals surface area contributed by atoms with Crippen LogP contribution in [-0.2, 0) is 28.7 Å². The molecule has 0 spiro atoms. The number of rotatable bonds is 9. The molecule has 54 heavy (non-hydrogen) atoms. The van der Waals surface area contributed by atoms with Gasteiger partial charge in [0, 0.05) is 18.5 Å². The third kappa shape index (κ3) is 6.02. The number of amides is 1. The van der Waals surface area contributed by atoms with E-state index in [1.807, 2.05) is 6.92 Å². The van der Waals surface area contributed by atoms with Crippen molar-refractivity contribution in [1.82, 2.24) is 4.90 Å². The van der Waals surface area contributed by atoms with Crippen LogP contribution in [0.1, 0.15) is 159 Å². The molecule has 1 amide bonds. The van der Waals surface area contributed by atoms with E-state index in [0.29, 0.717) is 62.1 Å². The summed E-state index contributed by atoms with van der Waals surface area (Å²) < 4.78 is 11.7. The maximum Gasteiger partial charge on any atom is 0.312 e. The van der Waals surface area contributed by atoms with Gasteiger partial charge in [-0.05, 0) is 157 Å². The molecule has 304 valence electrons. The Kier molecular flexibility index (Phi) is 10.6. The second-order valence-corrected chi connectivity index (χ2v) is 21.2. The van der Waals surface area contributed by atoms with E-state index in [1.165, 1.54) is 5.57 Å². The van der Waals surface area contributed by atoms with Crippen molar-refractivity contribution in [2.24, 2.45) is 67.5 Å². The fraction of sp³-hybridized carbons (Fsp3) is 0.870. The minimum atomic E-state index is -1.16. The maximum absolute atomic E-state index is 15.1. The number of carbonyl (C=O) groups is 4. The van der Waals surface area contributed by atoms with Crippen LogP contribution in [0.2, 0.25) is 0 Å². The summed E-state index contributed by atoms with van der Waals surface area (Å²) in [5, 5.41) is 9.63. The molecule has 8 nitrogen and oxygen atoms in total. The molecule has 1 N–H and O–H groups in total. The number of likely N-dealkylation sites (tertiary alicyclic amines) is 1. The molecule has 10 atom stereocenters. The number of aliphatic carboxylic acids is 1. The van der Waals surface area contributed by atoms with E-state index < -0.39 is 22.8 Å². The van der Waals surface area contributed by atoms with Crippen molar-refractivity contribution in [1.29, 1.82) is 0 Å². The normalized spacial score (nSPS) is 41.0. The molecule has 0 unspecified atom stereocenters. The Balaban J connectivity index is 1.25. The molecule has 1 saturated heterocycles. The van der Waals surface area contributed by atoms with E-state index in [1.54, 1.807) is 13.8 Å². The lowest BCUT2D eigenvalue weighted by Crippen LogP contribution is -2.67. The number of carboxylic acids is 1. The van der Waals surface area contributed by atoms with Crippen LogP contribution in [0.15, 0.2) is 12.2 Å². The van der Waals surface area contributed by atoms with Crippen LogP contribution in [0.3, 0.4) is 0 Å². The van der Waals surface area contributed by atoms with Gasteiger partial charge in [-0.25, -0.2) is 0 Å². The van der Waals surface area contributed by atoms with Gasteiger partial charge in [0.25, 0.3) is 0 Å². The number of ether oxygens (including phenoxy) is 2. The van der Waals surface area contributed by atoms with Crippen molar-refractivity contribution in [3.8, 4) is 0 Å². The molecule has 6 fully saturated rings. The first-order valence-electron chi connectivity index (χ1n) is 21.6. The predicted molar refractivity (Wildman–Crippen MR) is 210 cm³/mol. The van der Waals surface area contributed by atoms with Gasteiger partial charge < -0.3 is 19.5 Å². The molecule has 1 aliphatic heterocycles. The summed E-state index contributed by atoms with van der Waals surface area (Å²) in [7, 11) is 0. The van der Waals surface area contributed by atoms with E-state index in [9.17, 15) is 19.5 Å². The summed E-state index contributed by atoms with van der Waals surface area (Å²) in [6.45, 7) is 27.9. The van der Waals surface area contributed by atoms with E-state index in [0.717, 1.165) is 70.6 Å². The van der Waals surface area contributed by atoms with Crippen LogP contribution in [0.25, 0.3) is 0 Å². The zero-order chi connectivity index (χ0) is 39.9. The first-order chi connectivity index (χ1) is 25.1. The number of fused-ring (bicyclic) bond motifs is 7. The van der Waals surface area contributed by atoms with Crippen LogP contribution >= 0.6 is 0 Å². The number of nitrogens with zero attached hydrogens (tertiary/aromatic N) is 1. The van der Waals surface area contributed by atoms with Crippen molar-refractivity contribution in [2.75, 3.05) is 19.7 Å². The molecule has 5 aliphatic carbocycles. The number of hydrogen-bond donors (Lipinski definition) is 1. The lowest BCUT2D eigenvalue weighted by molar-refractivity contribution is -0.250.